The lowest BCUT2D eigenvalue weighted by atomic mass is 10.3. The van der Waals surface area contributed by atoms with Crippen LogP contribution in [0.4, 0.5) is 0 Å². The number of nitrogens with zero attached hydrogens (tertiary/aromatic N) is 2. The molecule has 0 aliphatic rings. The first kappa shape index (κ1) is 14.8. The van der Waals surface area contributed by atoms with Crippen LogP contribution in [0.25, 0.3) is 0 Å². The molecule has 0 spiro atoms. The Morgan fingerprint density at radius 3 is 2.90 bits per heavy atom. The fourth-order valence-electron chi connectivity index (χ4n) is 1.62. The van der Waals surface area contributed by atoms with E-state index in [0.29, 0.717) is 12.3 Å². The highest BCUT2D eigenvalue weighted by atomic mass is 32.2. The van der Waals surface area contributed by atoms with Gasteiger partial charge in [0.2, 0.25) is 0 Å². The molecule has 0 aliphatic heterocycles. The Bertz CT molecular complexity index is 745. The van der Waals surface area contributed by atoms with Crippen molar-refractivity contribution >= 4 is 9.84 Å². The van der Waals surface area contributed by atoms with Crippen molar-refractivity contribution in [3.05, 3.63) is 65.4 Å². The van der Waals surface area contributed by atoms with Gasteiger partial charge in [0.15, 0.2) is 14.7 Å². The predicted molar refractivity (Wildman–Crippen MR) is 76.1 cm³/mol. The summed E-state index contributed by atoms with van der Waals surface area (Å²) in [5.74, 6) is -0.0445. The lowest BCUT2D eigenvalue weighted by molar-refractivity contribution is 0.522. The van der Waals surface area contributed by atoms with E-state index in [2.05, 4.69) is 10.3 Å². The zero-order chi connectivity index (χ0) is 15.1. The number of hydrogen-bond acceptors (Lipinski definition) is 6. The minimum atomic E-state index is -3.72. The van der Waals surface area contributed by atoms with Gasteiger partial charge in [0.05, 0.1) is 6.26 Å². The van der Waals surface area contributed by atoms with Crippen molar-refractivity contribution in [1.82, 2.24) is 10.3 Å². The van der Waals surface area contributed by atoms with E-state index in [1.807, 2.05) is 6.07 Å². The van der Waals surface area contributed by atoms with Crippen molar-refractivity contribution in [2.75, 3.05) is 0 Å². The summed E-state index contributed by atoms with van der Waals surface area (Å²) in [5.41, 5.74) is 0.884. The Balaban J connectivity index is 2.04. The maximum atomic E-state index is 12.1. The van der Waals surface area contributed by atoms with Gasteiger partial charge in [-0.3, -0.25) is 4.98 Å². The van der Waals surface area contributed by atoms with Crippen molar-refractivity contribution in [3.63, 3.8) is 0 Å². The predicted octanol–water partition coefficient (Wildman–Crippen LogP) is 1.74. The summed E-state index contributed by atoms with van der Waals surface area (Å²) in [6.07, 6.45) is 5.89. The van der Waals surface area contributed by atoms with E-state index in [9.17, 15) is 8.42 Å². The van der Waals surface area contributed by atoms with Crippen LogP contribution >= 0.6 is 0 Å². The first-order valence-corrected chi connectivity index (χ1v) is 7.75. The first-order valence-electron chi connectivity index (χ1n) is 6.09. The molecule has 21 heavy (non-hydrogen) atoms. The van der Waals surface area contributed by atoms with Crippen LogP contribution in [0.2, 0.25) is 0 Å². The molecule has 108 valence electrons. The van der Waals surface area contributed by atoms with Crippen LogP contribution < -0.4 is 5.32 Å². The molecule has 1 N–H and O–H groups in total. The van der Waals surface area contributed by atoms with E-state index in [1.54, 1.807) is 36.7 Å². The third-order valence-electron chi connectivity index (χ3n) is 2.62. The van der Waals surface area contributed by atoms with Crippen LogP contribution in [0.5, 0.6) is 0 Å². The number of aromatic nitrogens is 1. The second-order valence-corrected chi connectivity index (χ2v) is 6.16. The number of hydrogen-bond donors (Lipinski definition) is 1. The summed E-state index contributed by atoms with van der Waals surface area (Å²) in [4.78, 5) is 3.61. The molecule has 2 aromatic rings. The average Bonchev–Trinajstić information content (AvgIpc) is 2.96. The Morgan fingerprint density at radius 2 is 2.29 bits per heavy atom. The van der Waals surface area contributed by atoms with Gasteiger partial charge < -0.3 is 9.73 Å². The fourth-order valence-corrected chi connectivity index (χ4v) is 2.71. The zero-order valence-corrected chi connectivity index (χ0v) is 11.9. The van der Waals surface area contributed by atoms with Gasteiger partial charge in [-0.25, -0.2) is 8.42 Å². The van der Waals surface area contributed by atoms with E-state index in [4.69, 9.17) is 9.68 Å². The maximum Gasteiger partial charge on any atom is 0.197 e. The molecule has 0 radical (unpaired) electrons. The number of pyridine rings is 1. The molecule has 0 aliphatic carbocycles. The van der Waals surface area contributed by atoms with Crippen LogP contribution in [-0.2, 0) is 22.1 Å². The van der Waals surface area contributed by atoms with Gasteiger partial charge in [-0.1, -0.05) is 6.07 Å². The number of nitrogens with one attached hydrogen (secondary N) is 1. The molecule has 7 heteroatoms. The molecule has 0 bridgehead atoms. The Morgan fingerprint density at radius 1 is 1.43 bits per heavy atom. The molecule has 2 aromatic heterocycles. The van der Waals surface area contributed by atoms with Crippen molar-refractivity contribution in [2.45, 2.75) is 12.3 Å². The Hall–Kier alpha value is -2.59. The van der Waals surface area contributed by atoms with E-state index in [0.717, 1.165) is 5.56 Å². The molecule has 0 amide bonds. The highest BCUT2D eigenvalue weighted by Crippen LogP contribution is 2.13. The van der Waals surface area contributed by atoms with Crippen molar-refractivity contribution in [1.29, 1.82) is 5.26 Å². The minimum absolute atomic E-state index is 0.295. The molecular formula is C14H13N3O3S. The monoisotopic (exact) mass is 303 g/mol. The second kappa shape index (κ2) is 6.72. The second-order valence-electron chi connectivity index (χ2n) is 4.20. The van der Waals surface area contributed by atoms with Crippen molar-refractivity contribution < 1.29 is 12.8 Å². The van der Waals surface area contributed by atoms with E-state index < -0.39 is 9.84 Å². The van der Waals surface area contributed by atoms with Crippen molar-refractivity contribution in [3.8, 4) is 6.07 Å². The van der Waals surface area contributed by atoms with Gasteiger partial charge >= 0.3 is 0 Å². The lowest BCUT2D eigenvalue weighted by Gasteiger charge is -2.03. The molecule has 0 fully saturated rings. The van der Waals surface area contributed by atoms with Gasteiger partial charge in [0.25, 0.3) is 0 Å². The maximum absolute atomic E-state index is 12.1. The fraction of sp³-hybridized carbons (Fsp3) is 0.143. The average molecular weight is 303 g/mol. The SMILES string of the molecule is N#C/C(=C\NCc1cccnc1)S(=O)(=O)Cc1ccco1. The molecule has 0 saturated heterocycles. The van der Waals surface area contributed by atoms with Gasteiger partial charge in [-0.15, -0.1) is 0 Å². The van der Waals surface area contributed by atoms with Crippen LogP contribution in [0.3, 0.4) is 0 Å². The van der Waals surface area contributed by atoms with E-state index >= 15 is 0 Å². The summed E-state index contributed by atoms with van der Waals surface area (Å²) in [6.45, 7) is 0.384. The highest BCUT2D eigenvalue weighted by Gasteiger charge is 2.19. The lowest BCUT2D eigenvalue weighted by Crippen LogP contribution is -2.12. The van der Waals surface area contributed by atoms with E-state index in [-0.39, 0.29) is 10.7 Å². The normalized spacial score (nSPS) is 11.9. The van der Waals surface area contributed by atoms with Gasteiger partial charge in [-0.05, 0) is 23.8 Å². The number of allylic oxidation sites excluding steroid dienone is 1. The standard InChI is InChI=1S/C14H13N3O3S/c15-7-14(10-17-9-12-3-1-5-16-8-12)21(18,19)11-13-4-2-6-20-13/h1-6,8,10,17H,9,11H2/b14-10+. The summed E-state index contributed by atoms with van der Waals surface area (Å²) < 4.78 is 29.1. The molecule has 0 unspecified atom stereocenters. The third kappa shape index (κ3) is 4.19. The van der Waals surface area contributed by atoms with Crippen molar-refractivity contribution in [2.24, 2.45) is 0 Å². The number of sulfone groups is 1. The topological polar surface area (TPSA) is 96.0 Å². The molecule has 2 rings (SSSR count). The summed E-state index contributed by atoms with van der Waals surface area (Å²) >= 11 is 0. The molecule has 2 heterocycles. The quantitative estimate of drug-likeness (QED) is 0.817. The van der Waals surface area contributed by atoms with Gasteiger partial charge in [-0.2, -0.15) is 5.26 Å². The summed E-state index contributed by atoms with van der Waals surface area (Å²) in [5, 5.41) is 11.8. The first-order chi connectivity index (χ1) is 10.1. The molecule has 0 saturated carbocycles. The summed E-state index contributed by atoms with van der Waals surface area (Å²) in [6, 6.07) is 8.47. The molecule has 0 aromatic carbocycles. The number of furan rings is 1. The Labute approximate surface area is 122 Å². The number of nitriles is 1. The summed E-state index contributed by atoms with van der Waals surface area (Å²) in [7, 11) is -3.72. The minimum Gasteiger partial charge on any atom is -0.468 e. The highest BCUT2D eigenvalue weighted by molar-refractivity contribution is 7.94. The Kier molecular flexibility index (Phi) is 4.74. The third-order valence-corrected chi connectivity index (χ3v) is 4.16. The largest absolute Gasteiger partial charge is 0.468 e. The number of rotatable bonds is 6. The molecule has 0 atom stereocenters. The van der Waals surface area contributed by atoms with Crippen LogP contribution in [0.15, 0.2) is 58.4 Å². The van der Waals surface area contributed by atoms with Crippen LogP contribution in [-0.4, -0.2) is 13.4 Å². The molecule has 6 nitrogen and oxygen atoms in total. The van der Waals surface area contributed by atoms with Crippen LogP contribution in [0.1, 0.15) is 11.3 Å². The zero-order valence-electron chi connectivity index (χ0n) is 11.1. The van der Waals surface area contributed by atoms with Crippen LogP contribution in [0, 0.1) is 11.3 Å². The van der Waals surface area contributed by atoms with Gasteiger partial charge in [0.1, 0.15) is 17.6 Å². The van der Waals surface area contributed by atoms with E-state index in [1.165, 1.54) is 12.5 Å². The molecular weight excluding hydrogens is 290 g/mol. The smallest absolute Gasteiger partial charge is 0.197 e. The van der Waals surface area contributed by atoms with Gasteiger partial charge in [0, 0.05) is 25.1 Å².